The van der Waals surface area contributed by atoms with E-state index in [1.807, 2.05) is 0 Å². The third kappa shape index (κ3) is 4.88. The van der Waals surface area contributed by atoms with Crippen molar-refractivity contribution in [1.82, 2.24) is 10.6 Å². The Bertz CT molecular complexity index is 497. The van der Waals surface area contributed by atoms with Gasteiger partial charge in [-0.3, -0.25) is 4.79 Å². The number of carbonyl (C=O) groups is 1. The minimum absolute atomic E-state index is 0. The standard InChI is InChI=1S/C15H19F3N2O.ClH/c1-14(7-2-8-19-9-14)10-20-13(21)11-3-5-12(6-4-11)15(16,17)18;/h3-6,19H,2,7-10H2,1H3,(H,20,21);1H. The smallest absolute Gasteiger partial charge is 0.351 e. The Morgan fingerprint density at radius 1 is 1.32 bits per heavy atom. The fourth-order valence-electron chi connectivity index (χ4n) is 2.48. The van der Waals surface area contributed by atoms with Gasteiger partial charge in [-0.2, -0.15) is 13.2 Å². The van der Waals surface area contributed by atoms with Gasteiger partial charge in [0.05, 0.1) is 5.56 Å². The molecule has 1 aromatic rings. The van der Waals surface area contributed by atoms with E-state index in [0.29, 0.717) is 6.54 Å². The highest BCUT2D eigenvalue weighted by molar-refractivity contribution is 5.94. The normalized spacial score (nSPS) is 21.8. The lowest BCUT2D eigenvalue weighted by molar-refractivity contribution is -0.137. The number of piperidine rings is 1. The van der Waals surface area contributed by atoms with Crippen LogP contribution in [0.3, 0.4) is 0 Å². The first-order chi connectivity index (χ1) is 9.80. The molecule has 22 heavy (non-hydrogen) atoms. The van der Waals surface area contributed by atoms with E-state index in [0.717, 1.165) is 38.1 Å². The largest absolute Gasteiger partial charge is 0.416 e. The Kier molecular flexibility index (Phi) is 6.26. The maximum atomic E-state index is 12.5. The number of alkyl halides is 3. The van der Waals surface area contributed by atoms with Crippen LogP contribution < -0.4 is 10.6 Å². The van der Waals surface area contributed by atoms with Crippen molar-refractivity contribution in [2.75, 3.05) is 19.6 Å². The molecule has 1 atom stereocenters. The summed E-state index contributed by atoms with van der Waals surface area (Å²) in [6, 6.07) is 4.27. The van der Waals surface area contributed by atoms with Crippen LogP contribution in [0.1, 0.15) is 35.7 Å². The summed E-state index contributed by atoms with van der Waals surface area (Å²) < 4.78 is 37.4. The van der Waals surface area contributed by atoms with Crippen LogP contribution >= 0.6 is 12.4 Å². The second-order valence-corrected chi connectivity index (χ2v) is 5.85. The third-order valence-corrected chi connectivity index (χ3v) is 3.84. The molecule has 1 fully saturated rings. The molecule has 7 heteroatoms. The Morgan fingerprint density at radius 2 is 1.95 bits per heavy atom. The Balaban J connectivity index is 0.00000242. The highest BCUT2D eigenvalue weighted by atomic mass is 35.5. The lowest BCUT2D eigenvalue weighted by Gasteiger charge is -2.34. The second kappa shape index (κ2) is 7.33. The van der Waals surface area contributed by atoms with Gasteiger partial charge in [0, 0.05) is 18.7 Å². The molecule has 2 rings (SSSR count). The lowest BCUT2D eigenvalue weighted by atomic mass is 9.83. The molecule has 3 nitrogen and oxygen atoms in total. The molecule has 0 aromatic heterocycles. The van der Waals surface area contributed by atoms with E-state index in [9.17, 15) is 18.0 Å². The second-order valence-electron chi connectivity index (χ2n) is 5.85. The first-order valence-corrected chi connectivity index (χ1v) is 6.96. The Labute approximate surface area is 134 Å². The summed E-state index contributed by atoms with van der Waals surface area (Å²) in [5, 5.41) is 6.09. The number of amides is 1. The molecule has 2 N–H and O–H groups in total. The fraction of sp³-hybridized carbons (Fsp3) is 0.533. The number of rotatable bonds is 3. The average Bonchev–Trinajstić information content (AvgIpc) is 2.45. The van der Waals surface area contributed by atoms with Gasteiger partial charge >= 0.3 is 6.18 Å². The molecule has 1 aliphatic heterocycles. The van der Waals surface area contributed by atoms with E-state index in [1.165, 1.54) is 12.1 Å². The van der Waals surface area contributed by atoms with Crippen molar-refractivity contribution in [2.24, 2.45) is 5.41 Å². The van der Waals surface area contributed by atoms with E-state index in [1.54, 1.807) is 0 Å². The van der Waals surface area contributed by atoms with Crippen LogP contribution in [0.5, 0.6) is 0 Å². The predicted octanol–water partition coefficient (Wildman–Crippen LogP) is 3.25. The Morgan fingerprint density at radius 3 is 2.45 bits per heavy atom. The molecule has 0 radical (unpaired) electrons. The van der Waals surface area contributed by atoms with Gasteiger partial charge in [-0.15, -0.1) is 12.4 Å². The van der Waals surface area contributed by atoms with Crippen molar-refractivity contribution in [3.8, 4) is 0 Å². The molecule has 1 aromatic carbocycles. The summed E-state index contributed by atoms with van der Waals surface area (Å²) in [6.45, 7) is 4.43. The minimum Gasteiger partial charge on any atom is -0.351 e. The molecule has 0 aliphatic carbocycles. The maximum absolute atomic E-state index is 12.5. The van der Waals surface area contributed by atoms with Gasteiger partial charge in [0.25, 0.3) is 5.91 Å². The van der Waals surface area contributed by atoms with E-state index in [-0.39, 0.29) is 29.3 Å². The first-order valence-electron chi connectivity index (χ1n) is 6.96. The van der Waals surface area contributed by atoms with Gasteiger partial charge in [-0.05, 0) is 49.1 Å². The minimum atomic E-state index is -4.38. The average molecular weight is 337 g/mol. The summed E-state index contributed by atoms with van der Waals surface area (Å²) in [7, 11) is 0. The van der Waals surface area contributed by atoms with Gasteiger partial charge in [-0.25, -0.2) is 0 Å². The van der Waals surface area contributed by atoms with Gasteiger partial charge in [0.2, 0.25) is 0 Å². The molecular formula is C15H20ClF3N2O. The number of benzene rings is 1. The van der Waals surface area contributed by atoms with E-state index < -0.39 is 11.7 Å². The SMILES string of the molecule is CC1(CNC(=O)c2ccc(C(F)(F)F)cc2)CCCNC1.Cl. The summed E-state index contributed by atoms with van der Waals surface area (Å²) >= 11 is 0. The molecule has 1 heterocycles. The van der Waals surface area contributed by atoms with Crippen LogP contribution in [0.15, 0.2) is 24.3 Å². The van der Waals surface area contributed by atoms with Gasteiger partial charge in [0.15, 0.2) is 0 Å². The quantitative estimate of drug-likeness (QED) is 0.889. The highest BCUT2D eigenvalue weighted by Crippen LogP contribution is 2.29. The van der Waals surface area contributed by atoms with Crippen molar-refractivity contribution in [1.29, 1.82) is 0 Å². The van der Waals surface area contributed by atoms with Gasteiger partial charge in [-0.1, -0.05) is 6.92 Å². The zero-order valence-electron chi connectivity index (χ0n) is 12.3. The molecule has 1 aliphatic rings. The third-order valence-electron chi connectivity index (χ3n) is 3.84. The molecular weight excluding hydrogens is 317 g/mol. The topological polar surface area (TPSA) is 41.1 Å². The summed E-state index contributed by atoms with van der Waals surface area (Å²) in [6.07, 6.45) is -2.30. The van der Waals surface area contributed by atoms with Crippen molar-refractivity contribution >= 4 is 18.3 Å². The Hall–Kier alpha value is -1.27. The number of halogens is 4. The van der Waals surface area contributed by atoms with Crippen LogP contribution in [-0.4, -0.2) is 25.5 Å². The maximum Gasteiger partial charge on any atom is 0.416 e. The van der Waals surface area contributed by atoms with Crippen LogP contribution in [0.2, 0.25) is 0 Å². The fourth-order valence-corrected chi connectivity index (χ4v) is 2.48. The van der Waals surface area contributed by atoms with Crippen LogP contribution in [-0.2, 0) is 6.18 Å². The highest BCUT2D eigenvalue weighted by Gasteiger charge is 2.30. The number of carbonyl (C=O) groups excluding carboxylic acids is 1. The van der Waals surface area contributed by atoms with Crippen molar-refractivity contribution < 1.29 is 18.0 Å². The molecule has 1 unspecified atom stereocenters. The monoisotopic (exact) mass is 336 g/mol. The molecule has 0 bridgehead atoms. The van der Waals surface area contributed by atoms with Gasteiger partial charge < -0.3 is 10.6 Å². The van der Waals surface area contributed by atoms with Crippen LogP contribution in [0.25, 0.3) is 0 Å². The van der Waals surface area contributed by atoms with Crippen molar-refractivity contribution in [2.45, 2.75) is 25.9 Å². The summed E-state index contributed by atoms with van der Waals surface area (Å²) in [4.78, 5) is 12.0. The van der Waals surface area contributed by atoms with E-state index >= 15 is 0 Å². The molecule has 0 spiro atoms. The first kappa shape index (κ1) is 18.8. The molecule has 1 saturated heterocycles. The van der Waals surface area contributed by atoms with Crippen molar-refractivity contribution in [3.05, 3.63) is 35.4 Å². The van der Waals surface area contributed by atoms with Crippen molar-refractivity contribution in [3.63, 3.8) is 0 Å². The van der Waals surface area contributed by atoms with Crippen LogP contribution in [0, 0.1) is 5.41 Å². The zero-order chi connectivity index (χ0) is 15.5. The number of hydrogen-bond donors (Lipinski definition) is 2. The number of nitrogens with one attached hydrogen (secondary N) is 2. The molecule has 0 saturated carbocycles. The van der Waals surface area contributed by atoms with Gasteiger partial charge in [0.1, 0.15) is 0 Å². The summed E-state index contributed by atoms with van der Waals surface area (Å²) in [5.41, 5.74) is -0.502. The lowest BCUT2D eigenvalue weighted by Crippen LogP contribution is -2.45. The van der Waals surface area contributed by atoms with E-state index in [4.69, 9.17) is 0 Å². The predicted molar refractivity (Wildman–Crippen MR) is 81.2 cm³/mol. The van der Waals surface area contributed by atoms with E-state index in [2.05, 4.69) is 17.6 Å². The number of hydrogen-bond acceptors (Lipinski definition) is 2. The zero-order valence-corrected chi connectivity index (χ0v) is 13.1. The molecule has 1 amide bonds. The molecule has 124 valence electrons. The van der Waals surface area contributed by atoms with Crippen LogP contribution in [0.4, 0.5) is 13.2 Å². The summed E-state index contributed by atoms with van der Waals surface area (Å²) in [5.74, 6) is -0.337.